The van der Waals surface area contributed by atoms with Crippen molar-refractivity contribution in [2.45, 2.75) is 52.3 Å². The number of fused-ring (bicyclic) bond motifs is 1. The van der Waals surface area contributed by atoms with Crippen LogP contribution in [0.15, 0.2) is 24.4 Å². The summed E-state index contributed by atoms with van der Waals surface area (Å²) in [5, 5.41) is 19.5. The van der Waals surface area contributed by atoms with E-state index < -0.39 is 6.10 Å². The summed E-state index contributed by atoms with van der Waals surface area (Å²) in [4.78, 5) is 11.5. The summed E-state index contributed by atoms with van der Waals surface area (Å²) in [6.45, 7) is 6.58. The molecule has 148 valence electrons. The van der Waals surface area contributed by atoms with E-state index in [1.807, 2.05) is 30.8 Å². The van der Waals surface area contributed by atoms with Crippen molar-refractivity contribution < 1.29 is 5.11 Å². The quantitative estimate of drug-likeness (QED) is 0.729. The van der Waals surface area contributed by atoms with Crippen molar-refractivity contribution in [2.24, 2.45) is 7.05 Å². The van der Waals surface area contributed by atoms with Gasteiger partial charge in [0.15, 0.2) is 0 Å². The maximum Gasteiger partial charge on any atom is 0.139 e. The largest absolute Gasteiger partial charge is 0.380 e. The molecule has 0 unspecified atom stereocenters. The Bertz CT molecular complexity index is 961. The fraction of sp³-hybridized carbons (Fsp3) is 0.500. The fourth-order valence-electron chi connectivity index (χ4n) is 3.78. The number of hydrogen-bond acceptors (Lipinski definition) is 6. The molecule has 8 heteroatoms. The average molecular weight is 381 g/mol. The summed E-state index contributed by atoms with van der Waals surface area (Å²) in [6, 6.07) is 5.92. The van der Waals surface area contributed by atoms with Gasteiger partial charge in [-0.2, -0.15) is 10.2 Å². The molecule has 0 bridgehead atoms. The highest BCUT2D eigenvalue weighted by atomic mass is 16.3. The molecule has 0 aliphatic carbocycles. The summed E-state index contributed by atoms with van der Waals surface area (Å²) in [5.41, 5.74) is 3.57. The summed E-state index contributed by atoms with van der Waals surface area (Å²) in [5.74, 6) is 1.78. The van der Waals surface area contributed by atoms with Crippen LogP contribution in [0.3, 0.4) is 0 Å². The predicted molar refractivity (Wildman–Crippen MR) is 106 cm³/mol. The average Bonchev–Trinajstić information content (AvgIpc) is 3.21. The lowest BCUT2D eigenvalue weighted by Crippen LogP contribution is -2.24. The molecular weight excluding hydrogens is 354 g/mol. The highest BCUT2D eigenvalue weighted by Crippen LogP contribution is 2.25. The van der Waals surface area contributed by atoms with E-state index in [1.165, 1.54) is 0 Å². The third-order valence-corrected chi connectivity index (χ3v) is 5.16. The molecule has 0 spiro atoms. The number of aliphatic hydroxyl groups excluding tert-OH is 1. The van der Waals surface area contributed by atoms with Crippen LogP contribution in [-0.4, -0.2) is 41.2 Å². The van der Waals surface area contributed by atoms with Crippen LogP contribution >= 0.6 is 0 Å². The van der Waals surface area contributed by atoms with Crippen LogP contribution in [0.25, 0.3) is 0 Å². The standard InChI is InChI=1S/C20H27N7O/c1-4-6-15-11-19(23-14(2)22-15)26-9-5-10-27-16(13-26)12-17(24-27)20(28)18-7-8-21-25(18)3/h7-8,11-12,20,28H,4-6,9-10,13H2,1-3H3/t20-/m1/s1. The summed E-state index contributed by atoms with van der Waals surface area (Å²) in [7, 11) is 1.83. The van der Waals surface area contributed by atoms with Crippen LogP contribution in [0.2, 0.25) is 0 Å². The molecule has 3 aromatic heterocycles. The SMILES string of the molecule is CCCc1cc(N2CCCn3nc([C@@H](O)c4ccnn4C)cc3C2)nc(C)n1. The monoisotopic (exact) mass is 381 g/mol. The van der Waals surface area contributed by atoms with Gasteiger partial charge in [0, 0.05) is 38.1 Å². The second kappa shape index (κ2) is 7.71. The maximum absolute atomic E-state index is 10.7. The Balaban J connectivity index is 1.60. The number of aryl methyl sites for hydroxylation is 4. The zero-order chi connectivity index (χ0) is 19.7. The van der Waals surface area contributed by atoms with Gasteiger partial charge in [0.25, 0.3) is 0 Å². The van der Waals surface area contributed by atoms with Gasteiger partial charge in [-0.15, -0.1) is 0 Å². The number of aliphatic hydroxyl groups is 1. The van der Waals surface area contributed by atoms with Gasteiger partial charge >= 0.3 is 0 Å². The van der Waals surface area contributed by atoms with Crippen molar-refractivity contribution in [2.75, 3.05) is 11.4 Å². The molecule has 4 rings (SSSR count). The molecule has 4 heterocycles. The molecule has 1 aliphatic rings. The van der Waals surface area contributed by atoms with Gasteiger partial charge in [0.2, 0.25) is 0 Å². The molecule has 0 fully saturated rings. The molecular formula is C20H27N7O. The van der Waals surface area contributed by atoms with Crippen LogP contribution in [0.1, 0.15) is 54.5 Å². The molecule has 0 radical (unpaired) electrons. The Hall–Kier alpha value is -2.74. The van der Waals surface area contributed by atoms with E-state index >= 15 is 0 Å². The van der Waals surface area contributed by atoms with Gasteiger partial charge in [0.1, 0.15) is 17.7 Å². The van der Waals surface area contributed by atoms with E-state index in [-0.39, 0.29) is 0 Å². The number of rotatable bonds is 5. The first-order valence-corrected chi connectivity index (χ1v) is 9.87. The number of aromatic nitrogens is 6. The Kier molecular flexibility index (Phi) is 5.13. The first-order valence-electron chi connectivity index (χ1n) is 9.87. The van der Waals surface area contributed by atoms with Gasteiger partial charge in [-0.3, -0.25) is 9.36 Å². The first-order chi connectivity index (χ1) is 13.5. The molecule has 0 saturated carbocycles. The Morgan fingerprint density at radius 2 is 2.07 bits per heavy atom. The van der Waals surface area contributed by atoms with Crippen LogP contribution in [0.5, 0.6) is 0 Å². The second-order valence-corrected chi connectivity index (χ2v) is 7.36. The van der Waals surface area contributed by atoms with Crippen molar-refractivity contribution in [3.63, 3.8) is 0 Å². The van der Waals surface area contributed by atoms with Crippen molar-refractivity contribution >= 4 is 5.82 Å². The molecule has 0 saturated heterocycles. The highest BCUT2D eigenvalue weighted by Gasteiger charge is 2.23. The van der Waals surface area contributed by atoms with E-state index in [0.717, 1.165) is 61.1 Å². The van der Waals surface area contributed by atoms with Crippen molar-refractivity contribution in [1.29, 1.82) is 0 Å². The van der Waals surface area contributed by atoms with Crippen LogP contribution in [-0.2, 0) is 26.6 Å². The minimum atomic E-state index is -0.780. The van der Waals surface area contributed by atoms with Crippen molar-refractivity contribution in [3.8, 4) is 0 Å². The molecule has 1 atom stereocenters. The van der Waals surface area contributed by atoms with E-state index in [4.69, 9.17) is 0 Å². The fourth-order valence-corrected chi connectivity index (χ4v) is 3.78. The summed E-state index contributed by atoms with van der Waals surface area (Å²) in [6.07, 6.45) is 3.91. The van der Waals surface area contributed by atoms with Crippen molar-refractivity contribution in [3.05, 3.63) is 53.0 Å². The predicted octanol–water partition coefficient (Wildman–Crippen LogP) is 2.16. The van der Waals surface area contributed by atoms with Gasteiger partial charge in [-0.1, -0.05) is 13.3 Å². The van der Waals surface area contributed by atoms with Crippen LogP contribution in [0, 0.1) is 6.92 Å². The molecule has 3 aromatic rings. The zero-order valence-corrected chi connectivity index (χ0v) is 16.7. The van der Waals surface area contributed by atoms with Gasteiger partial charge in [-0.25, -0.2) is 9.97 Å². The topological polar surface area (TPSA) is 84.9 Å². The van der Waals surface area contributed by atoms with Crippen LogP contribution in [0.4, 0.5) is 5.82 Å². The van der Waals surface area contributed by atoms with E-state index in [1.54, 1.807) is 10.9 Å². The Labute approximate surface area is 164 Å². The molecule has 1 aliphatic heterocycles. The molecule has 28 heavy (non-hydrogen) atoms. The second-order valence-electron chi connectivity index (χ2n) is 7.36. The zero-order valence-electron chi connectivity index (χ0n) is 16.7. The first kappa shape index (κ1) is 18.6. The Morgan fingerprint density at radius 3 is 2.82 bits per heavy atom. The molecule has 8 nitrogen and oxygen atoms in total. The summed E-state index contributed by atoms with van der Waals surface area (Å²) >= 11 is 0. The Morgan fingerprint density at radius 1 is 1.21 bits per heavy atom. The highest BCUT2D eigenvalue weighted by molar-refractivity contribution is 5.41. The van der Waals surface area contributed by atoms with E-state index in [0.29, 0.717) is 12.2 Å². The lowest BCUT2D eigenvalue weighted by Gasteiger charge is -2.22. The molecule has 0 amide bonds. The number of anilines is 1. The lowest BCUT2D eigenvalue weighted by atomic mass is 10.2. The smallest absolute Gasteiger partial charge is 0.139 e. The number of nitrogens with zero attached hydrogens (tertiary/aromatic N) is 7. The van der Waals surface area contributed by atoms with Gasteiger partial charge in [0.05, 0.1) is 23.6 Å². The minimum Gasteiger partial charge on any atom is -0.380 e. The van der Waals surface area contributed by atoms with Gasteiger partial charge in [-0.05, 0) is 31.9 Å². The normalized spacial score (nSPS) is 15.4. The van der Waals surface area contributed by atoms with E-state index in [2.05, 4.69) is 38.1 Å². The van der Waals surface area contributed by atoms with Gasteiger partial charge < -0.3 is 10.0 Å². The third kappa shape index (κ3) is 3.64. The number of hydrogen-bond donors (Lipinski definition) is 1. The molecule has 1 N–H and O–H groups in total. The summed E-state index contributed by atoms with van der Waals surface area (Å²) < 4.78 is 3.69. The maximum atomic E-state index is 10.7. The molecule has 0 aromatic carbocycles. The van der Waals surface area contributed by atoms with Crippen molar-refractivity contribution in [1.82, 2.24) is 29.5 Å². The lowest BCUT2D eigenvalue weighted by molar-refractivity contribution is 0.203. The minimum absolute atomic E-state index is 0.658. The third-order valence-electron chi connectivity index (χ3n) is 5.16. The van der Waals surface area contributed by atoms with Crippen LogP contribution < -0.4 is 4.90 Å². The van der Waals surface area contributed by atoms with E-state index in [9.17, 15) is 5.11 Å².